The normalized spacial score (nSPS) is 14.2. The van der Waals surface area contributed by atoms with E-state index in [0.717, 1.165) is 0 Å². The van der Waals surface area contributed by atoms with E-state index >= 15 is 0 Å². The van der Waals surface area contributed by atoms with Crippen LogP contribution >= 0.6 is 0 Å². The van der Waals surface area contributed by atoms with Gasteiger partial charge in [0.05, 0.1) is 6.20 Å². The fourth-order valence-electron chi connectivity index (χ4n) is 2.59. The summed E-state index contributed by atoms with van der Waals surface area (Å²) in [5.41, 5.74) is 0.662. The molecule has 0 saturated carbocycles. The number of rotatable bonds is 7. The Labute approximate surface area is 149 Å². The van der Waals surface area contributed by atoms with Crippen molar-refractivity contribution in [3.05, 3.63) is 31.0 Å². The molecule has 0 bridgehead atoms. The molecule has 136 valence electrons. The Morgan fingerprint density at radius 2 is 2.08 bits per heavy atom. The first-order chi connectivity index (χ1) is 12.6. The molecule has 2 aromatic rings. The zero-order valence-electron chi connectivity index (χ0n) is 14.1. The van der Waals surface area contributed by atoms with Crippen molar-refractivity contribution in [2.45, 2.75) is 19.4 Å². The number of nitrogens with one attached hydrogen (secondary N) is 2. The molecule has 10 heteroatoms. The Bertz CT molecular complexity index is 790. The summed E-state index contributed by atoms with van der Waals surface area (Å²) in [6.45, 7) is 1.58. The molecule has 4 amide bonds. The van der Waals surface area contributed by atoms with Gasteiger partial charge in [-0.15, -0.1) is 0 Å². The molecule has 10 nitrogen and oxygen atoms in total. The van der Waals surface area contributed by atoms with Crippen LogP contribution in [-0.2, 0) is 16.1 Å². The average molecular weight is 357 g/mol. The van der Waals surface area contributed by atoms with Crippen molar-refractivity contribution in [2.24, 2.45) is 0 Å². The van der Waals surface area contributed by atoms with Crippen LogP contribution in [0.15, 0.2) is 31.0 Å². The van der Waals surface area contributed by atoms with E-state index in [4.69, 9.17) is 0 Å². The number of carbonyl (C=O) groups is 3. The highest BCUT2D eigenvalue weighted by Gasteiger charge is 2.22. The molecule has 1 aliphatic heterocycles. The predicted octanol–water partition coefficient (Wildman–Crippen LogP) is -0.212. The van der Waals surface area contributed by atoms with E-state index in [0.29, 0.717) is 31.2 Å². The van der Waals surface area contributed by atoms with Gasteiger partial charge in [0, 0.05) is 63.8 Å². The van der Waals surface area contributed by atoms with Gasteiger partial charge in [-0.25, -0.2) is 14.8 Å². The minimum Gasteiger partial charge on any atom is -0.354 e. The predicted molar refractivity (Wildman–Crippen MR) is 90.6 cm³/mol. The van der Waals surface area contributed by atoms with Crippen LogP contribution in [0, 0.1) is 0 Å². The fourth-order valence-corrected chi connectivity index (χ4v) is 2.59. The zero-order chi connectivity index (χ0) is 18.4. The third-order valence-corrected chi connectivity index (χ3v) is 3.93. The lowest BCUT2D eigenvalue weighted by Crippen LogP contribution is -2.50. The maximum atomic E-state index is 12.0. The Kier molecular flexibility index (Phi) is 5.52. The van der Waals surface area contributed by atoms with E-state index in [1.807, 2.05) is 10.8 Å². The van der Waals surface area contributed by atoms with Gasteiger partial charge in [0.1, 0.15) is 5.69 Å². The minimum absolute atomic E-state index is 0.157. The molecule has 2 aromatic heterocycles. The number of nitrogens with zero attached hydrogens (tertiary/aromatic N) is 5. The lowest BCUT2D eigenvalue weighted by Gasteiger charge is -2.26. The van der Waals surface area contributed by atoms with Crippen molar-refractivity contribution in [3.8, 4) is 11.5 Å². The second kappa shape index (κ2) is 8.19. The number of hydrogen-bond acceptors (Lipinski definition) is 6. The largest absolute Gasteiger partial charge is 0.354 e. The van der Waals surface area contributed by atoms with E-state index in [9.17, 15) is 14.4 Å². The number of urea groups is 1. The Morgan fingerprint density at radius 3 is 2.85 bits per heavy atom. The summed E-state index contributed by atoms with van der Waals surface area (Å²) in [7, 11) is 0. The third-order valence-electron chi connectivity index (χ3n) is 3.93. The molecule has 3 rings (SSSR count). The monoisotopic (exact) mass is 357 g/mol. The summed E-state index contributed by atoms with van der Waals surface area (Å²) < 4.78 is 1.88. The SMILES string of the molecule is O=C(CCN1CCC(=O)NC1=O)NCCn1ccnc1-c1cnccn1. The molecule has 0 radical (unpaired) electrons. The summed E-state index contributed by atoms with van der Waals surface area (Å²) >= 11 is 0. The van der Waals surface area contributed by atoms with E-state index in [1.54, 1.807) is 24.8 Å². The quantitative estimate of drug-likeness (QED) is 0.707. The van der Waals surface area contributed by atoms with E-state index < -0.39 is 6.03 Å². The molecular formula is C16H19N7O3. The van der Waals surface area contributed by atoms with Gasteiger partial charge >= 0.3 is 6.03 Å². The molecule has 1 saturated heterocycles. The lowest BCUT2D eigenvalue weighted by atomic mass is 10.3. The first-order valence-electron chi connectivity index (χ1n) is 8.26. The van der Waals surface area contributed by atoms with Gasteiger partial charge in [0.15, 0.2) is 5.82 Å². The highest BCUT2D eigenvalue weighted by molar-refractivity contribution is 5.96. The maximum Gasteiger partial charge on any atom is 0.324 e. The summed E-state index contributed by atoms with van der Waals surface area (Å²) in [5, 5.41) is 5.05. The van der Waals surface area contributed by atoms with Gasteiger partial charge < -0.3 is 14.8 Å². The smallest absolute Gasteiger partial charge is 0.324 e. The van der Waals surface area contributed by atoms with Gasteiger partial charge in [0.25, 0.3) is 0 Å². The molecule has 0 atom stereocenters. The summed E-state index contributed by atoms with van der Waals surface area (Å²) in [6.07, 6.45) is 8.75. The molecule has 0 aliphatic carbocycles. The van der Waals surface area contributed by atoms with Crippen LogP contribution in [0.1, 0.15) is 12.8 Å². The van der Waals surface area contributed by atoms with Crippen LogP contribution in [0.5, 0.6) is 0 Å². The molecule has 1 fully saturated rings. The van der Waals surface area contributed by atoms with Crippen LogP contribution in [0.4, 0.5) is 4.79 Å². The van der Waals surface area contributed by atoms with Crippen LogP contribution < -0.4 is 10.6 Å². The number of imidazole rings is 1. The van der Waals surface area contributed by atoms with Crippen LogP contribution in [0.2, 0.25) is 0 Å². The summed E-state index contributed by atoms with van der Waals surface area (Å²) in [5.74, 6) is 0.243. The number of amides is 4. The Balaban J connectivity index is 1.43. The lowest BCUT2D eigenvalue weighted by molar-refractivity contribution is -0.121. The van der Waals surface area contributed by atoms with Crippen molar-refractivity contribution in [1.82, 2.24) is 35.1 Å². The topological polar surface area (TPSA) is 122 Å². The van der Waals surface area contributed by atoms with Crippen molar-refractivity contribution < 1.29 is 14.4 Å². The molecule has 0 aromatic carbocycles. The first-order valence-corrected chi connectivity index (χ1v) is 8.26. The second-order valence-electron chi connectivity index (χ2n) is 5.73. The molecule has 1 aliphatic rings. The Hall–Kier alpha value is -3.30. The number of aromatic nitrogens is 4. The van der Waals surface area contributed by atoms with E-state index in [-0.39, 0.29) is 31.2 Å². The van der Waals surface area contributed by atoms with Gasteiger partial charge in [-0.05, 0) is 0 Å². The number of carbonyl (C=O) groups excluding carboxylic acids is 3. The van der Waals surface area contributed by atoms with Crippen LogP contribution in [0.25, 0.3) is 11.5 Å². The van der Waals surface area contributed by atoms with Crippen LogP contribution in [-0.4, -0.2) is 61.9 Å². The highest BCUT2D eigenvalue weighted by Crippen LogP contribution is 2.12. The van der Waals surface area contributed by atoms with Crippen LogP contribution in [0.3, 0.4) is 0 Å². The van der Waals surface area contributed by atoms with E-state index in [2.05, 4.69) is 25.6 Å². The van der Waals surface area contributed by atoms with Crippen molar-refractivity contribution in [2.75, 3.05) is 19.6 Å². The summed E-state index contributed by atoms with van der Waals surface area (Å²) in [4.78, 5) is 48.6. The maximum absolute atomic E-state index is 12.0. The van der Waals surface area contributed by atoms with E-state index in [1.165, 1.54) is 4.90 Å². The standard InChI is InChI=1S/C16H19N7O3/c24-13(1-7-23-8-2-14(25)21-16(23)26)19-5-9-22-10-6-20-15(22)12-11-17-3-4-18-12/h3-4,6,10-11H,1-2,5,7-9H2,(H,19,24)(H,21,25,26). The van der Waals surface area contributed by atoms with Crippen molar-refractivity contribution >= 4 is 17.8 Å². The average Bonchev–Trinajstić information content (AvgIpc) is 3.10. The van der Waals surface area contributed by atoms with Gasteiger partial charge in [0.2, 0.25) is 11.8 Å². The zero-order valence-corrected chi connectivity index (χ0v) is 14.1. The minimum atomic E-state index is -0.443. The molecule has 0 spiro atoms. The number of hydrogen-bond donors (Lipinski definition) is 2. The Morgan fingerprint density at radius 1 is 1.19 bits per heavy atom. The van der Waals surface area contributed by atoms with Crippen molar-refractivity contribution in [3.63, 3.8) is 0 Å². The van der Waals surface area contributed by atoms with Gasteiger partial charge in [-0.1, -0.05) is 0 Å². The second-order valence-corrected chi connectivity index (χ2v) is 5.73. The molecule has 0 unspecified atom stereocenters. The van der Waals surface area contributed by atoms with Gasteiger partial charge in [-0.2, -0.15) is 0 Å². The van der Waals surface area contributed by atoms with Crippen molar-refractivity contribution in [1.29, 1.82) is 0 Å². The fraction of sp³-hybridized carbons (Fsp3) is 0.375. The van der Waals surface area contributed by atoms with Gasteiger partial charge in [-0.3, -0.25) is 19.9 Å². The molecule has 26 heavy (non-hydrogen) atoms. The number of imide groups is 1. The highest BCUT2D eigenvalue weighted by atomic mass is 16.2. The first kappa shape index (κ1) is 17.5. The summed E-state index contributed by atoms with van der Waals surface area (Å²) in [6, 6.07) is -0.443. The molecular weight excluding hydrogens is 338 g/mol. The third kappa shape index (κ3) is 4.41. The molecule has 2 N–H and O–H groups in total. The molecule has 3 heterocycles.